The van der Waals surface area contributed by atoms with Gasteiger partial charge >= 0.3 is 0 Å². The highest BCUT2D eigenvalue weighted by atomic mass is 15.1. The molecule has 0 aromatic heterocycles. The van der Waals surface area contributed by atoms with Crippen LogP contribution in [0.15, 0.2) is 18.2 Å². The molecule has 0 aliphatic rings. The van der Waals surface area contributed by atoms with Crippen LogP contribution in [0.2, 0.25) is 0 Å². The standard InChI is InChI=1S/C13H18N2/c1-11-4-5-13(10-12(11)2)6-8-15(3)9-7-14/h4-5,10H,6,8-9H2,1-3H3. The molecule has 1 aromatic rings. The lowest BCUT2D eigenvalue weighted by Gasteiger charge is -2.12. The van der Waals surface area contributed by atoms with Gasteiger partial charge < -0.3 is 0 Å². The summed E-state index contributed by atoms with van der Waals surface area (Å²) in [5, 5.41) is 8.52. The highest BCUT2D eigenvalue weighted by Crippen LogP contribution is 2.10. The lowest BCUT2D eigenvalue weighted by atomic mass is 10.0. The molecule has 0 amide bonds. The molecule has 2 nitrogen and oxygen atoms in total. The second-order valence-corrected chi connectivity index (χ2v) is 4.06. The first kappa shape index (κ1) is 11.7. The Hall–Kier alpha value is -1.33. The van der Waals surface area contributed by atoms with Crippen LogP contribution < -0.4 is 0 Å². The molecule has 80 valence electrons. The van der Waals surface area contributed by atoms with E-state index in [2.05, 4.69) is 38.1 Å². The molecule has 0 saturated heterocycles. The average molecular weight is 202 g/mol. The van der Waals surface area contributed by atoms with Crippen LogP contribution in [-0.2, 0) is 6.42 Å². The zero-order valence-electron chi connectivity index (χ0n) is 9.75. The predicted octanol–water partition coefficient (Wildman–Crippen LogP) is 2.30. The topological polar surface area (TPSA) is 27.0 Å². The molecule has 0 saturated carbocycles. The summed E-state index contributed by atoms with van der Waals surface area (Å²) in [7, 11) is 1.98. The fourth-order valence-electron chi connectivity index (χ4n) is 1.48. The first-order chi connectivity index (χ1) is 7.13. The number of nitrogens with zero attached hydrogens (tertiary/aromatic N) is 2. The van der Waals surface area contributed by atoms with E-state index in [1.54, 1.807) is 0 Å². The van der Waals surface area contributed by atoms with Crippen molar-refractivity contribution in [1.29, 1.82) is 5.26 Å². The molecule has 0 atom stereocenters. The molecule has 0 heterocycles. The van der Waals surface area contributed by atoms with Crippen LogP contribution >= 0.6 is 0 Å². The molecule has 0 radical (unpaired) electrons. The quantitative estimate of drug-likeness (QED) is 0.700. The molecule has 1 aromatic carbocycles. The Morgan fingerprint density at radius 1 is 1.27 bits per heavy atom. The number of likely N-dealkylation sites (N-methyl/N-ethyl adjacent to an activating group) is 1. The minimum Gasteiger partial charge on any atom is -0.293 e. The van der Waals surface area contributed by atoms with Crippen LogP contribution in [0.1, 0.15) is 16.7 Å². The molecule has 0 aliphatic carbocycles. The van der Waals surface area contributed by atoms with Crippen LogP contribution in [0.4, 0.5) is 0 Å². The minimum absolute atomic E-state index is 0.505. The maximum absolute atomic E-state index is 8.52. The summed E-state index contributed by atoms with van der Waals surface area (Å²) >= 11 is 0. The van der Waals surface area contributed by atoms with E-state index in [0.717, 1.165) is 13.0 Å². The Morgan fingerprint density at radius 2 is 2.00 bits per heavy atom. The van der Waals surface area contributed by atoms with Crippen molar-refractivity contribution < 1.29 is 0 Å². The van der Waals surface area contributed by atoms with Gasteiger partial charge in [0.1, 0.15) is 0 Å². The SMILES string of the molecule is Cc1ccc(CCN(C)CC#N)cc1C. The maximum atomic E-state index is 8.52. The van der Waals surface area contributed by atoms with Gasteiger partial charge in [-0.25, -0.2) is 0 Å². The van der Waals surface area contributed by atoms with Crippen LogP contribution in [0.3, 0.4) is 0 Å². The van der Waals surface area contributed by atoms with E-state index in [9.17, 15) is 0 Å². The highest BCUT2D eigenvalue weighted by molar-refractivity contribution is 5.30. The van der Waals surface area contributed by atoms with Gasteiger partial charge in [-0.2, -0.15) is 5.26 Å². The number of nitriles is 1. The third-order valence-corrected chi connectivity index (χ3v) is 2.69. The summed E-state index contributed by atoms with van der Waals surface area (Å²) in [4.78, 5) is 2.04. The van der Waals surface area contributed by atoms with Gasteiger partial charge in [-0.15, -0.1) is 0 Å². The zero-order chi connectivity index (χ0) is 11.3. The summed E-state index contributed by atoms with van der Waals surface area (Å²) in [6, 6.07) is 8.71. The van der Waals surface area contributed by atoms with E-state index in [-0.39, 0.29) is 0 Å². The van der Waals surface area contributed by atoms with Crippen molar-refractivity contribution in [2.75, 3.05) is 20.1 Å². The summed E-state index contributed by atoms with van der Waals surface area (Å²) < 4.78 is 0. The summed E-state index contributed by atoms with van der Waals surface area (Å²) in [5.41, 5.74) is 4.03. The van der Waals surface area contributed by atoms with Crippen molar-refractivity contribution in [3.63, 3.8) is 0 Å². The molecule has 0 aliphatic heterocycles. The van der Waals surface area contributed by atoms with E-state index >= 15 is 0 Å². The smallest absolute Gasteiger partial charge is 0.0863 e. The van der Waals surface area contributed by atoms with E-state index < -0.39 is 0 Å². The Morgan fingerprint density at radius 3 is 2.60 bits per heavy atom. The minimum atomic E-state index is 0.505. The second-order valence-electron chi connectivity index (χ2n) is 4.06. The largest absolute Gasteiger partial charge is 0.293 e. The average Bonchev–Trinajstić information content (AvgIpc) is 2.20. The Bertz CT molecular complexity index is 363. The summed E-state index contributed by atoms with van der Waals surface area (Å²) in [6.07, 6.45) is 1.01. The Balaban J connectivity index is 2.51. The molecule has 0 N–H and O–H groups in total. The Kier molecular flexibility index (Phi) is 4.33. The van der Waals surface area contributed by atoms with Gasteiger partial charge in [-0.3, -0.25) is 4.90 Å². The van der Waals surface area contributed by atoms with Gasteiger partial charge in [0, 0.05) is 6.54 Å². The first-order valence-electron chi connectivity index (χ1n) is 5.25. The molecular formula is C13H18N2. The van der Waals surface area contributed by atoms with Crippen molar-refractivity contribution in [3.8, 4) is 6.07 Å². The zero-order valence-corrected chi connectivity index (χ0v) is 9.75. The normalized spacial score (nSPS) is 10.3. The summed E-state index contributed by atoms with van der Waals surface area (Å²) in [5.74, 6) is 0. The van der Waals surface area contributed by atoms with Crippen molar-refractivity contribution in [3.05, 3.63) is 34.9 Å². The number of hydrogen-bond donors (Lipinski definition) is 0. The lowest BCUT2D eigenvalue weighted by Crippen LogP contribution is -2.21. The molecule has 1 rings (SSSR count). The Labute approximate surface area is 92.1 Å². The molecule has 2 heteroatoms. The van der Waals surface area contributed by atoms with E-state index in [1.165, 1.54) is 16.7 Å². The monoisotopic (exact) mass is 202 g/mol. The van der Waals surface area contributed by atoms with Gasteiger partial charge in [0.15, 0.2) is 0 Å². The highest BCUT2D eigenvalue weighted by Gasteiger charge is 1.99. The van der Waals surface area contributed by atoms with Crippen LogP contribution in [0.25, 0.3) is 0 Å². The molecule has 0 fully saturated rings. The number of benzene rings is 1. The van der Waals surface area contributed by atoms with Gasteiger partial charge in [-0.1, -0.05) is 18.2 Å². The van der Waals surface area contributed by atoms with Crippen molar-refractivity contribution in [2.45, 2.75) is 20.3 Å². The first-order valence-corrected chi connectivity index (χ1v) is 5.25. The third-order valence-electron chi connectivity index (χ3n) is 2.69. The van der Waals surface area contributed by atoms with Gasteiger partial charge in [-0.05, 0) is 44.0 Å². The van der Waals surface area contributed by atoms with Crippen molar-refractivity contribution in [2.24, 2.45) is 0 Å². The molecule has 15 heavy (non-hydrogen) atoms. The van der Waals surface area contributed by atoms with Gasteiger partial charge in [0.2, 0.25) is 0 Å². The number of hydrogen-bond acceptors (Lipinski definition) is 2. The van der Waals surface area contributed by atoms with E-state index in [1.807, 2.05) is 11.9 Å². The molecule has 0 unspecified atom stereocenters. The maximum Gasteiger partial charge on any atom is 0.0863 e. The summed E-state index contributed by atoms with van der Waals surface area (Å²) in [6.45, 7) is 5.71. The predicted molar refractivity (Wildman–Crippen MR) is 62.7 cm³/mol. The van der Waals surface area contributed by atoms with Crippen LogP contribution in [0.5, 0.6) is 0 Å². The number of aryl methyl sites for hydroxylation is 2. The second kappa shape index (κ2) is 5.53. The van der Waals surface area contributed by atoms with Crippen molar-refractivity contribution >= 4 is 0 Å². The van der Waals surface area contributed by atoms with Crippen LogP contribution in [-0.4, -0.2) is 25.0 Å². The van der Waals surface area contributed by atoms with Crippen molar-refractivity contribution in [1.82, 2.24) is 4.90 Å². The molecule has 0 spiro atoms. The van der Waals surface area contributed by atoms with Crippen LogP contribution in [0, 0.1) is 25.2 Å². The fourth-order valence-corrected chi connectivity index (χ4v) is 1.48. The fraction of sp³-hybridized carbons (Fsp3) is 0.462. The van der Waals surface area contributed by atoms with Gasteiger partial charge in [0.25, 0.3) is 0 Å². The van der Waals surface area contributed by atoms with Gasteiger partial charge in [0.05, 0.1) is 12.6 Å². The van der Waals surface area contributed by atoms with E-state index in [4.69, 9.17) is 5.26 Å². The van der Waals surface area contributed by atoms with E-state index in [0.29, 0.717) is 6.54 Å². The lowest BCUT2D eigenvalue weighted by molar-refractivity contribution is 0.379. The molecule has 0 bridgehead atoms. The number of rotatable bonds is 4. The third kappa shape index (κ3) is 3.73. The molecular weight excluding hydrogens is 184 g/mol.